The third-order valence-corrected chi connectivity index (χ3v) is 5.55. The predicted molar refractivity (Wildman–Crippen MR) is 75.1 cm³/mol. The van der Waals surface area contributed by atoms with Crippen molar-refractivity contribution >= 4 is 10.0 Å². The van der Waals surface area contributed by atoms with Crippen LogP contribution in [-0.2, 0) is 23.6 Å². The highest BCUT2D eigenvalue weighted by Gasteiger charge is 2.32. The van der Waals surface area contributed by atoms with Crippen LogP contribution in [0.4, 0.5) is 0 Å². The van der Waals surface area contributed by atoms with E-state index in [0.29, 0.717) is 11.4 Å². The highest BCUT2D eigenvalue weighted by Crippen LogP contribution is 2.29. The number of hydrogen-bond donors (Lipinski definition) is 2. The van der Waals surface area contributed by atoms with Gasteiger partial charge < -0.3 is 10.3 Å². The Morgan fingerprint density at radius 3 is 2.53 bits per heavy atom. The summed E-state index contributed by atoms with van der Waals surface area (Å²) in [7, 11) is -1.65. The smallest absolute Gasteiger partial charge is 0.242 e. The molecule has 2 rings (SSSR count). The molecule has 1 aliphatic carbocycles. The van der Waals surface area contributed by atoms with Gasteiger partial charge in [0.2, 0.25) is 10.0 Å². The molecule has 108 valence electrons. The van der Waals surface area contributed by atoms with Crippen LogP contribution in [0.2, 0.25) is 0 Å². The third kappa shape index (κ3) is 3.19. The van der Waals surface area contributed by atoms with E-state index in [-0.39, 0.29) is 5.54 Å². The third-order valence-electron chi connectivity index (χ3n) is 3.94. The molecule has 0 aliphatic heterocycles. The summed E-state index contributed by atoms with van der Waals surface area (Å²) in [6.45, 7) is 2.33. The number of nitrogens with two attached hydrogens (primary N) is 1. The minimum Gasteiger partial charge on any atom is -0.352 e. The predicted octanol–water partition coefficient (Wildman–Crippen LogP) is 1.48. The monoisotopic (exact) mass is 285 g/mol. The van der Waals surface area contributed by atoms with Crippen LogP contribution in [-0.4, -0.2) is 18.5 Å². The fourth-order valence-electron chi connectivity index (χ4n) is 2.74. The molecule has 0 saturated heterocycles. The summed E-state index contributed by atoms with van der Waals surface area (Å²) < 4.78 is 29.5. The lowest BCUT2D eigenvalue weighted by Crippen LogP contribution is -2.46. The van der Waals surface area contributed by atoms with Crippen LogP contribution in [0.3, 0.4) is 0 Å². The first-order chi connectivity index (χ1) is 8.86. The van der Waals surface area contributed by atoms with Crippen LogP contribution < -0.4 is 10.5 Å². The number of hydrogen-bond acceptors (Lipinski definition) is 3. The second-order valence-corrected chi connectivity index (χ2v) is 7.39. The molecule has 0 aromatic carbocycles. The number of aryl methyl sites for hydroxylation is 1. The molecule has 1 aliphatic rings. The Hall–Kier alpha value is -0.850. The average molecular weight is 285 g/mol. The van der Waals surface area contributed by atoms with Gasteiger partial charge in [0, 0.05) is 31.0 Å². The molecule has 0 unspecified atom stereocenters. The lowest BCUT2D eigenvalue weighted by molar-refractivity contribution is 0.294. The fourth-order valence-corrected chi connectivity index (χ4v) is 4.30. The summed E-state index contributed by atoms with van der Waals surface area (Å²) in [5, 5.41) is 0. The van der Waals surface area contributed by atoms with Crippen molar-refractivity contribution in [2.75, 3.05) is 0 Å². The summed E-state index contributed by atoms with van der Waals surface area (Å²) in [5.41, 5.74) is 6.09. The van der Waals surface area contributed by atoms with Gasteiger partial charge in [-0.2, -0.15) is 0 Å². The van der Waals surface area contributed by atoms with Gasteiger partial charge in [-0.25, -0.2) is 13.1 Å². The zero-order valence-electron chi connectivity index (χ0n) is 11.6. The summed E-state index contributed by atoms with van der Waals surface area (Å²) in [6, 6.07) is 1.65. The van der Waals surface area contributed by atoms with Gasteiger partial charge in [0.15, 0.2) is 0 Å². The molecule has 0 amide bonds. The van der Waals surface area contributed by atoms with E-state index >= 15 is 0 Å². The van der Waals surface area contributed by atoms with Crippen LogP contribution in [0.5, 0.6) is 0 Å². The van der Waals surface area contributed by atoms with Gasteiger partial charge >= 0.3 is 0 Å². The summed E-state index contributed by atoms with van der Waals surface area (Å²) in [6.07, 6.45) is 6.80. The largest absolute Gasteiger partial charge is 0.352 e. The van der Waals surface area contributed by atoms with E-state index in [0.717, 1.165) is 31.4 Å². The highest BCUT2D eigenvalue weighted by molar-refractivity contribution is 7.89. The molecule has 1 aromatic heterocycles. The van der Waals surface area contributed by atoms with Gasteiger partial charge in [0.1, 0.15) is 0 Å². The first kappa shape index (κ1) is 14.6. The van der Waals surface area contributed by atoms with Crippen molar-refractivity contribution in [2.24, 2.45) is 12.8 Å². The van der Waals surface area contributed by atoms with Gasteiger partial charge in [-0.15, -0.1) is 0 Å². The average Bonchev–Trinajstić information content (AvgIpc) is 2.71. The molecule has 5 nitrogen and oxygen atoms in total. The van der Waals surface area contributed by atoms with Crippen LogP contribution in [0.15, 0.2) is 17.2 Å². The number of aromatic nitrogens is 1. The van der Waals surface area contributed by atoms with E-state index in [1.165, 1.54) is 6.42 Å². The molecule has 0 spiro atoms. The maximum Gasteiger partial charge on any atom is 0.242 e. The van der Waals surface area contributed by atoms with E-state index in [4.69, 9.17) is 5.73 Å². The Morgan fingerprint density at radius 2 is 2.00 bits per heavy atom. The lowest BCUT2D eigenvalue weighted by Gasteiger charge is -2.33. The highest BCUT2D eigenvalue weighted by atomic mass is 32.2. The SMILES string of the molecule is Cn1cc(S(=O)(=O)NC2(C)CCCCC2)cc1CN. The van der Waals surface area contributed by atoms with Crippen molar-refractivity contribution in [2.45, 2.75) is 56.0 Å². The number of rotatable bonds is 4. The topological polar surface area (TPSA) is 77.1 Å². The van der Waals surface area contributed by atoms with E-state index in [9.17, 15) is 8.42 Å². The van der Waals surface area contributed by atoms with Crippen molar-refractivity contribution < 1.29 is 8.42 Å². The van der Waals surface area contributed by atoms with Crippen molar-refractivity contribution in [1.82, 2.24) is 9.29 Å². The van der Waals surface area contributed by atoms with Gasteiger partial charge in [0.05, 0.1) is 4.90 Å². The summed E-state index contributed by atoms with van der Waals surface area (Å²) in [5.74, 6) is 0. The van der Waals surface area contributed by atoms with Crippen LogP contribution >= 0.6 is 0 Å². The first-order valence-corrected chi connectivity index (χ1v) is 8.24. The Balaban J connectivity index is 2.21. The van der Waals surface area contributed by atoms with E-state index in [1.54, 1.807) is 16.8 Å². The van der Waals surface area contributed by atoms with Gasteiger partial charge in [-0.1, -0.05) is 19.3 Å². The van der Waals surface area contributed by atoms with Crippen LogP contribution in [0.25, 0.3) is 0 Å². The fraction of sp³-hybridized carbons (Fsp3) is 0.692. The molecule has 1 heterocycles. The molecule has 1 saturated carbocycles. The molecule has 0 radical (unpaired) electrons. The Labute approximate surface area is 115 Å². The van der Waals surface area contributed by atoms with Crippen LogP contribution in [0, 0.1) is 0 Å². The molecular weight excluding hydrogens is 262 g/mol. The zero-order chi connectivity index (χ0) is 14.1. The van der Waals surface area contributed by atoms with Crippen LogP contribution in [0.1, 0.15) is 44.7 Å². The minimum atomic E-state index is -3.46. The Morgan fingerprint density at radius 1 is 1.37 bits per heavy atom. The zero-order valence-corrected chi connectivity index (χ0v) is 12.5. The minimum absolute atomic E-state index is 0.308. The number of nitrogens with one attached hydrogen (secondary N) is 1. The maximum absolute atomic E-state index is 12.4. The van der Waals surface area contributed by atoms with Gasteiger partial charge in [-0.3, -0.25) is 0 Å². The molecule has 1 fully saturated rings. The molecule has 6 heteroatoms. The van der Waals surface area contributed by atoms with E-state index < -0.39 is 10.0 Å². The molecule has 0 atom stereocenters. The second-order valence-electron chi connectivity index (χ2n) is 5.71. The van der Waals surface area contributed by atoms with Crippen molar-refractivity contribution in [3.8, 4) is 0 Å². The molecule has 0 bridgehead atoms. The molecule has 1 aromatic rings. The maximum atomic E-state index is 12.4. The number of sulfonamides is 1. The van der Waals surface area contributed by atoms with Crippen molar-refractivity contribution in [3.63, 3.8) is 0 Å². The summed E-state index contributed by atoms with van der Waals surface area (Å²) >= 11 is 0. The summed E-state index contributed by atoms with van der Waals surface area (Å²) in [4.78, 5) is 0.308. The normalized spacial score (nSPS) is 19.5. The van der Waals surface area contributed by atoms with Crippen molar-refractivity contribution in [3.05, 3.63) is 18.0 Å². The first-order valence-electron chi connectivity index (χ1n) is 6.76. The quantitative estimate of drug-likeness (QED) is 0.879. The van der Waals surface area contributed by atoms with Crippen molar-refractivity contribution in [1.29, 1.82) is 0 Å². The Bertz CT molecular complexity index is 542. The lowest BCUT2D eigenvalue weighted by atomic mass is 9.84. The Kier molecular flexibility index (Phi) is 4.03. The van der Waals surface area contributed by atoms with Gasteiger partial charge in [-0.05, 0) is 25.8 Å². The van der Waals surface area contributed by atoms with Gasteiger partial charge in [0.25, 0.3) is 0 Å². The standard InChI is InChI=1S/C13H23N3O2S/c1-13(6-4-3-5-7-13)15-19(17,18)12-8-11(9-14)16(2)10-12/h8,10,15H,3-7,9,14H2,1-2H3. The molecular formula is C13H23N3O2S. The second kappa shape index (κ2) is 5.26. The van der Waals surface area contributed by atoms with E-state index in [2.05, 4.69) is 4.72 Å². The van der Waals surface area contributed by atoms with E-state index in [1.807, 2.05) is 14.0 Å². The molecule has 3 N–H and O–H groups in total. The molecule has 19 heavy (non-hydrogen) atoms. The number of nitrogens with zero attached hydrogens (tertiary/aromatic N) is 1.